The van der Waals surface area contributed by atoms with Crippen LogP contribution in [0.1, 0.15) is 20.8 Å². The largest absolute Gasteiger partial charge is 0.457 e. The molecule has 0 fully saturated rings. The van der Waals surface area contributed by atoms with Crippen molar-refractivity contribution in [1.29, 1.82) is 0 Å². The normalized spacial score (nSPS) is 11.3. The number of nitrogens with two attached hydrogens (primary N) is 1. The summed E-state index contributed by atoms with van der Waals surface area (Å²) < 4.78 is 5.81. The van der Waals surface area contributed by atoms with Crippen LogP contribution in [0, 0.1) is 0 Å². The quantitative estimate of drug-likeness (QED) is 0.517. The highest BCUT2D eigenvalue weighted by Gasteiger charge is 2.12. The zero-order valence-electron chi connectivity index (χ0n) is 15.2. The number of rotatable bonds is 5. The van der Waals surface area contributed by atoms with Crippen LogP contribution in [0.5, 0.6) is 5.75 Å². The molecule has 0 aliphatic carbocycles. The Bertz CT molecular complexity index is 923. The Kier molecular flexibility index (Phi) is 6.68. The molecule has 2 aromatic heterocycles. The zero-order valence-corrected chi connectivity index (χ0v) is 15.2. The Morgan fingerprint density at radius 2 is 1.92 bits per heavy atom. The predicted molar refractivity (Wildman–Crippen MR) is 107 cm³/mol. The SMILES string of the molecule is C=C/C=C(\C=C/C)Oc1ccc(-c2[nH]nc3ncnc(N)c23)cc1.CC. The number of hydrogen-bond acceptors (Lipinski definition) is 5. The maximum Gasteiger partial charge on any atom is 0.186 e. The van der Waals surface area contributed by atoms with E-state index in [1.54, 1.807) is 12.2 Å². The van der Waals surface area contributed by atoms with Gasteiger partial charge in [-0.05, 0) is 43.3 Å². The first-order chi connectivity index (χ1) is 12.7. The van der Waals surface area contributed by atoms with Crippen molar-refractivity contribution in [2.24, 2.45) is 0 Å². The first kappa shape index (κ1) is 18.9. The standard InChI is InChI=1S/C18H17N5O.C2H6/c1-3-5-13(6-4-2)24-14-9-7-12(8-10-14)16-15-17(19)20-11-21-18(15)23-22-16;1-2/h3-11H,1H2,2H3,(H3,19,20,21,22,23);1-2H3/b6-4-,13-5+;. The molecule has 0 amide bonds. The van der Waals surface area contributed by atoms with Crippen molar-refractivity contribution < 1.29 is 4.74 Å². The molecule has 0 saturated carbocycles. The number of aromatic amines is 1. The molecular weight excluding hydrogens is 326 g/mol. The van der Waals surface area contributed by atoms with Crippen molar-refractivity contribution in [2.75, 3.05) is 5.73 Å². The summed E-state index contributed by atoms with van der Waals surface area (Å²) in [5.74, 6) is 1.83. The maximum absolute atomic E-state index is 5.94. The Balaban J connectivity index is 0.00000117. The number of nitrogens with zero attached hydrogens (tertiary/aromatic N) is 3. The third kappa shape index (κ3) is 4.16. The second-order valence-electron chi connectivity index (χ2n) is 4.99. The molecule has 6 heteroatoms. The fourth-order valence-electron chi connectivity index (χ4n) is 2.32. The lowest BCUT2D eigenvalue weighted by Crippen LogP contribution is -1.93. The van der Waals surface area contributed by atoms with Gasteiger partial charge in [0.15, 0.2) is 5.65 Å². The van der Waals surface area contributed by atoms with Gasteiger partial charge in [-0.2, -0.15) is 5.10 Å². The molecule has 3 N–H and O–H groups in total. The summed E-state index contributed by atoms with van der Waals surface area (Å²) in [5.41, 5.74) is 8.19. The van der Waals surface area contributed by atoms with E-state index in [2.05, 4.69) is 26.7 Å². The van der Waals surface area contributed by atoms with E-state index in [0.29, 0.717) is 22.6 Å². The van der Waals surface area contributed by atoms with Crippen LogP contribution in [0.15, 0.2) is 67.2 Å². The van der Waals surface area contributed by atoms with E-state index in [1.807, 2.05) is 57.2 Å². The van der Waals surface area contributed by atoms with Gasteiger partial charge in [0.2, 0.25) is 0 Å². The van der Waals surface area contributed by atoms with Crippen molar-refractivity contribution in [3.05, 3.63) is 67.2 Å². The third-order valence-corrected chi connectivity index (χ3v) is 3.37. The van der Waals surface area contributed by atoms with Crippen LogP contribution >= 0.6 is 0 Å². The summed E-state index contributed by atoms with van der Waals surface area (Å²) in [6, 6.07) is 7.61. The topological polar surface area (TPSA) is 89.7 Å². The van der Waals surface area contributed by atoms with Crippen molar-refractivity contribution in [3.63, 3.8) is 0 Å². The Labute approximate surface area is 153 Å². The molecule has 3 rings (SSSR count). The van der Waals surface area contributed by atoms with Crippen molar-refractivity contribution in [2.45, 2.75) is 20.8 Å². The molecule has 134 valence electrons. The molecule has 0 aliphatic rings. The first-order valence-electron chi connectivity index (χ1n) is 8.41. The van der Waals surface area contributed by atoms with Crippen LogP contribution in [-0.2, 0) is 0 Å². The van der Waals surface area contributed by atoms with Crippen molar-refractivity contribution in [1.82, 2.24) is 20.2 Å². The molecule has 0 unspecified atom stereocenters. The zero-order chi connectivity index (χ0) is 18.9. The van der Waals surface area contributed by atoms with E-state index in [-0.39, 0.29) is 0 Å². The predicted octanol–water partition coefficient (Wildman–Crippen LogP) is 4.65. The Hall–Kier alpha value is -3.41. The molecule has 1 aromatic carbocycles. The van der Waals surface area contributed by atoms with E-state index < -0.39 is 0 Å². The van der Waals surface area contributed by atoms with E-state index in [1.165, 1.54) is 6.33 Å². The van der Waals surface area contributed by atoms with Crippen LogP contribution in [0.4, 0.5) is 5.82 Å². The van der Waals surface area contributed by atoms with Gasteiger partial charge in [0.05, 0.1) is 11.1 Å². The van der Waals surface area contributed by atoms with E-state index in [4.69, 9.17) is 10.5 Å². The fourth-order valence-corrected chi connectivity index (χ4v) is 2.32. The minimum absolute atomic E-state index is 0.397. The Morgan fingerprint density at radius 1 is 1.19 bits per heavy atom. The molecule has 2 heterocycles. The van der Waals surface area contributed by atoms with Crippen LogP contribution in [-0.4, -0.2) is 20.2 Å². The molecular formula is C20H23N5O. The highest BCUT2D eigenvalue weighted by atomic mass is 16.5. The van der Waals surface area contributed by atoms with Gasteiger partial charge < -0.3 is 10.5 Å². The second kappa shape index (κ2) is 9.17. The van der Waals surface area contributed by atoms with Gasteiger partial charge in [0.1, 0.15) is 23.7 Å². The lowest BCUT2D eigenvalue weighted by atomic mass is 10.1. The number of ether oxygens (including phenoxy) is 1. The van der Waals surface area contributed by atoms with Gasteiger partial charge in [0, 0.05) is 5.56 Å². The maximum atomic E-state index is 5.94. The number of nitrogens with one attached hydrogen (secondary N) is 1. The monoisotopic (exact) mass is 349 g/mol. The van der Waals surface area contributed by atoms with Crippen molar-refractivity contribution in [3.8, 4) is 17.0 Å². The minimum atomic E-state index is 0.397. The number of allylic oxidation sites excluding steroid dienone is 4. The highest BCUT2D eigenvalue weighted by Crippen LogP contribution is 2.29. The molecule has 3 aromatic rings. The summed E-state index contributed by atoms with van der Waals surface area (Å²) in [4.78, 5) is 8.12. The number of H-pyrrole nitrogens is 1. The molecule has 0 radical (unpaired) electrons. The number of fused-ring (bicyclic) bond motifs is 1. The summed E-state index contributed by atoms with van der Waals surface area (Å²) in [5, 5.41) is 7.84. The van der Waals surface area contributed by atoms with Gasteiger partial charge in [0.25, 0.3) is 0 Å². The summed E-state index contributed by atoms with van der Waals surface area (Å²) in [6.07, 6.45) is 8.66. The number of aromatic nitrogens is 4. The molecule has 26 heavy (non-hydrogen) atoms. The van der Waals surface area contributed by atoms with E-state index >= 15 is 0 Å². The van der Waals surface area contributed by atoms with Crippen LogP contribution in [0.2, 0.25) is 0 Å². The fraction of sp³-hybridized carbons (Fsp3) is 0.150. The molecule has 0 aliphatic heterocycles. The van der Waals surface area contributed by atoms with Gasteiger partial charge in [-0.3, -0.25) is 5.10 Å². The van der Waals surface area contributed by atoms with Gasteiger partial charge >= 0.3 is 0 Å². The average Bonchev–Trinajstić information content (AvgIpc) is 3.10. The highest BCUT2D eigenvalue weighted by molar-refractivity contribution is 5.97. The van der Waals surface area contributed by atoms with Crippen LogP contribution in [0.25, 0.3) is 22.3 Å². The molecule has 6 nitrogen and oxygen atoms in total. The molecule has 0 bridgehead atoms. The minimum Gasteiger partial charge on any atom is -0.457 e. The molecule has 0 spiro atoms. The van der Waals surface area contributed by atoms with Gasteiger partial charge in [-0.15, -0.1) is 0 Å². The van der Waals surface area contributed by atoms with E-state index in [9.17, 15) is 0 Å². The molecule has 0 saturated heterocycles. The lowest BCUT2D eigenvalue weighted by Gasteiger charge is -2.07. The number of hydrogen-bond donors (Lipinski definition) is 2. The Morgan fingerprint density at radius 3 is 2.58 bits per heavy atom. The van der Waals surface area contributed by atoms with Gasteiger partial charge in [-0.1, -0.05) is 32.6 Å². The van der Waals surface area contributed by atoms with E-state index in [0.717, 1.165) is 17.0 Å². The first-order valence-corrected chi connectivity index (χ1v) is 8.41. The number of nitrogen functional groups attached to an aromatic ring is 1. The summed E-state index contributed by atoms with van der Waals surface area (Å²) >= 11 is 0. The smallest absolute Gasteiger partial charge is 0.186 e. The van der Waals surface area contributed by atoms with Crippen LogP contribution in [0.3, 0.4) is 0 Å². The summed E-state index contributed by atoms with van der Waals surface area (Å²) in [6.45, 7) is 9.61. The summed E-state index contributed by atoms with van der Waals surface area (Å²) in [7, 11) is 0. The lowest BCUT2D eigenvalue weighted by molar-refractivity contribution is 0.444. The number of benzene rings is 1. The average molecular weight is 349 g/mol. The second-order valence-corrected chi connectivity index (χ2v) is 4.99. The van der Waals surface area contributed by atoms with Gasteiger partial charge in [-0.25, -0.2) is 9.97 Å². The molecule has 0 atom stereocenters. The van der Waals surface area contributed by atoms with Crippen LogP contribution < -0.4 is 10.5 Å². The van der Waals surface area contributed by atoms with Crippen molar-refractivity contribution >= 4 is 16.9 Å². The number of anilines is 1. The third-order valence-electron chi connectivity index (χ3n) is 3.37.